The molecule has 0 spiro atoms. The van der Waals surface area contributed by atoms with Crippen molar-refractivity contribution in [3.05, 3.63) is 35.9 Å². The van der Waals surface area contributed by atoms with Crippen LogP contribution in [0.15, 0.2) is 30.3 Å². The summed E-state index contributed by atoms with van der Waals surface area (Å²) >= 11 is 0. The molecule has 1 atom stereocenters. The zero-order chi connectivity index (χ0) is 13.7. The molecule has 102 valence electrons. The summed E-state index contributed by atoms with van der Waals surface area (Å²) in [6.07, 6.45) is 1.97. The van der Waals surface area contributed by atoms with Gasteiger partial charge in [0, 0.05) is 13.0 Å². The molecule has 1 aliphatic rings. The summed E-state index contributed by atoms with van der Waals surface area (Å²) in [4.78, 5) is 25.6. The summed E-state index contributed by atoms with van der Waals surface area (Å²) in [7, 11) is 0. The van der Waals surface area contributed by atoms with Crippen LogP contribution in [0.3, 0.4) is 0 Å². The number of carbonyl (C=O) groups excluding carboxylic acids is 2. The van der Waals surface area contributed by atoms with Crippen LogP contribution < -0.4 is 0 Å². The van der Waals surface area contributed by atoms with E-state index in [-0.39, 0.29) is 11.9 Å². The van der Waals surface area contributed by atoms with Crippen LogP contribution in [0.2, 0.25) is 0 Å². The summed E-state index contributed by atoms with van der Waals surface area (Å²) in [6.45, 7) is 2.61. The maximum atomic E-state index is 12.0. The average Bonchev–Trinajstić information content (AvgIpc) is 2.42. The van der Waals surface area contributed by atoms with Gasteiger partial charge < -0.3 is 9.64 Å². The van der Waals surface area contributed by atoms with E-state index < -0.39 is 6.04 Å². The predicted octanol–water partition coefficient (Wildman–Crippen LogP) is 2.13. The fraction of sp³-hybridized carbons (Fsp3) is 0.467. The monoisotopic (exact) mass is 261 g/mol. The normalized spacial score (nSPS) is 19.3. The molecular formula is C15H19NO3. The first-order chi connectivity index (χ1) is 9.22. The minimum absolute atomic E-state index is 0.0353. The lowest BCUT2D eigenvalue weighted by molar-refractivity contribution is -0.158. The van der Waals surface area contributed by atoms with Crippen molar-refractivity contribution in [3.63, 3.8) is 0 Å². The molecule has 1 aromatic carbocycles. The number of carbonyl (C=O) groups is 2. The van der Waals surface area contributed by atoms with Crippen molar-refractivity contribution in [2.24, 2.45) is 0 Å². The summed E-state index contributed by atoms with van der Waals surface area (Å²) in [5.41, 5.74) is 1.03. The largest absolute Gasteiger partial charge is 0.464 e. The van der Waals surface area contributed by atoms with E-state index in [1.807, 2.05) is 30.3 Å². The Morgan fingerprint density at radius 1 is 1.37 bits per heavy atom. The molecule has 0 bridgehead atoms. The highest BCUT2D eigenvalue weighted by Gasteiger charge is 2.33. The van der Waals surface area contributed by atoms with Crippen LogP contribution in [0.4, 0.5) is 0 Å². The van der Waals surface area contributed by atoms with Crippen molar-refractivity contribution in [2.45, 2.75) is 38.8 Å². The van der Waals surface area contributed by atoms with Crippen molar-refractivity contribution in [3.8, 4) is 0 Å². The first kappa shape index (κ1) is 13.6. The molecule has 1 aliphatic heterocycles. The Balaban J connectivity index is 2.12. The Kier molecular flexibility index (Phi) is 4.55. The third-order valence-electron chi connectivity index (χ3n) is 3.32. The smallest absolute Gasteiger partial charge is 0.328 e. The first-order valence-corrected chi connectivity index (χ1v) is 6.72. The fourth-order valence-corrected chi connectivity index (χ4v) is 2.38. The Bertz CT molecular complexity index is 444. The molecule has 4 nitrogen and oxygen atoms in total. The molecule has 1 heterocycles. The van der Waals surface area contributed by atoms with Crippen molar-refractivity contribution >= 4 is 11.9 Å². The third-order valence-corrected chi connectivity index (χ3v) is 3.32. The minimum Gasteiger partial charge on any atom is -0.464 e. The first-order valence-electron chi connectivity index (χ1n) is 6.72. The highest BCUT2D eigenvalue weighted by Crippen LogP contribution is 2.21. The van der Waals surface area contributed by atoms with Gasteiger partial charge in [-0.15, -0.1) is 0 Å². The number of piperidine rings is 1. The van der Waals surface area contributed by atoms with Gasteiger partial charge in [-0.2, -0.15) is 0 Å². The number of benzene rings is 1. The lowest BCUT2D eigenvalue weighted by atomic mass is 10.0. The second-order valence-electron chi connectivity index (χ2n) is 4.67. The molecular weight excluding hydrogens is 242 g/mol. The van der Waals surface area contributed by atoms with Crippen LogP contribution in [0, 0.1) is 0 Å². The molecule has 19 heavy (non-hydrogen) atoms. The molecule has 1 amide bonds. The van der Waals surface area contributed by atoms with Crippen molar-refractivity contribution in [1.82, 2.24) is 4.90 Å². The third kappa shape index (κ3) is 3.34. The standard InChI is InChI=1S/C15H19NO3/c1-2-19-15(18)13-9-6-10-14(17)16(13)11-12-7-4-3-5-8-12/h3-5,7-8,13H,2,6,9-11H2,1H3/t13-/m0/s1. The van der Waals surface area contributed by atoms with Crippen LogP contribution in [0.5, 0.6) is 0 Å². The Morgan fingerprint density at radius 2 is 2.11 bits per heavy atom. The van der Waals surface area contributed by atoms with Gasteiger partial charge in [0.1, 0.15) is 6.04 Å². The SMILES string of the molecule is CCOC(=O)[C@@H]1CCCC(=O)N1Cc1ccccc1. The number of likely N-dealkylation sites (tertiary alicyclic amines) is 1. The van der Waals surface area contributed by atoms with Gasteiger partial charge in [0.25, 0.3) is 0 Å². The number of ether oxygens (including phenoxy) is 1. The molecule has 0 unspecified atom stereocenters. The second-order valence-corrected chi connectivity index (χ2v) is 4.67. The van der Waals surface area contributed by atoms with Gasteiger partial charge in [-0.3, -0.25) is 4.79 Å². The van der Waals surface area contributed by atoms with Crippen molar-refractivity contribution < 1.29 is 14.3 Å². The van der Waals surface area contributed by atoms with Crippen molar-refractivity contribution in [1.29, 1.82) is 0 Å². The molecule has 1 fully saturated rings. The minimum atomic E-state index is -0.429. The zero-order valence-electron chi connectivity index (χ0n) is 11.2. The maximum Gasteiger partial charge on any atom is 0.328 e. The number of nitrogens with zero attached hydrogens (tertiary/aromatic N) is 1. The summed E-state index contributed by atoms with van der Waals surface area (Å²) < 4.78 is 5.06. The van der Waals surface area contributed by atoms with Gasteiger partial charge in [-0.25, -0.2) is 4.79 Å². The molecule has 0 aromatic heterocycles. The highest BCUT2D eigenvalue weighted by atomic mass is 16.5. The topological polar surface area (TPSA) is 46.6 Å². The number of hydrogen-bond acceptors (Lipinski definition) is 3. The number of esters is 1. The van der Waals surface area contributed by atoms with Crippen LogP contribution >= 0.6 is 0 Å². The fourth-order valence-electron chi connectivity index (χ4n) is 2.38. The molecule has 0 saturated carbocycles. The molecule has 2 rings (SSSR count). The predicted molar refractivity (Wildman–Crippen MR) is 71.3 cm³/mol. The number of rotatable bonds is 4. The Labute approximate surface area is 113 Å². The van der Waals surface area contributed by atoms with E-state index in [0.717, 1.165) is 12.0 Å². The van der Waals surface area contributed by atoms with Gasteiger partial charge >= 0.3 is 5.97 Å². The van der Waals surface area contributed by atoms with Gasteiger partial charge in [0.15, 0.2) is 0 Å². The molecule has 4 heteroatoms. The summed E-state index contributed by atoms with van der Waals surface area (Å²) in [6, 6.07) is 9.30. The summed E-state index contributed by atoms with van der Waals surface area (Å²) in [5, 5.41) is 0. The van der Waals surface area contributed by atoms with E-state index in [9.17, 15) is 9.59 Å². The molecule has 1 saturated heterocycles. The van der Waals surface area contributed by atoms with Crippen molar-refractivity contribution in [2.75, 3.05) is 6.61 Å². The van der Waals surface area contributed by atoms with Gasteiger partial charge in [-0.05, 0) is 25.3 Å². The number of hydrogen-bond donors (Lipinski definition) is 0. The maximum absolute atomic E-state index is 12.0. The van der Waals surface area contributed by atoms with Gasteiger partial charge in [0.2, 0.25) is 5.91 Å². The average molecular weight is 261 g/mol. The molecule has 0 radical (unpaired) electrons. The Hall–Kier alpha value is -1.84. The van der Waals surface area contributed by atoms with Gasteiger partial charge in [0.05, 0.1) is 6.61 Å². The second kappa shape index (κ2) is 6.36. The molecule has 1 aromatic rings. The summed E-state index contributed by atoms with van der Waals surface area (Å²) in [5.74, 6) is -0.250. The quantitative estimate of drug-likeness (QED) is 0.780. The van der Waals surface area contributed by atoms with E-state index in [0.29, 0.717) is 26.0 Å². The van der Waals surface area contributed by atoms with Crippen LogP contribution in [-0.2, 0) is 20.9 Å². The Morgan fingerprint density at radius 3 is 2.79 bits per heavy atom. The lowest BCUT2D eigenvalue weighted by Gasteiger charge is -2.34. The van der Waals surface area contributed by atoms with Crippen LogP contribution in [0.1, 0.15) is 31.7 Å². The van der Waals surface area contributed by atoms with E-state index in [2.05, 4.69) is 0 Å². The van der Waals surface area contributed by atoms with Gasteiger partial charge in [-0.1, -0.05) is 30.3 Å². The van der Waals surface area contributed by atoms with E-state index in [4.69, 9.17) is 4.74 Å². The molecule has 0 aliphatic carbocycles. The van der Waals surface area contributed by atoms with E-state index in [1.54, 1.807) is 11.8 Å². The molecule has 0 N–H and O–H groups in total. The zero-order valence-corrected chi connectivity index (χ0v) is 11.2. The van der Waals surface area contributed by atoms with Crippen LogP contribution in [0.25, 0.3) is 0 Å². The van der Waals surface area contributed by atoms with Crippen LogP contribution in [-0.4, -0.2) is 29.4 Å². The van der Waals surface area contributed by atoms with E-state index >= 15 is 0 Å². The number of amides is 1. The van der Waals surface area contributed by atoms with E-state index in [1.165, 1.54) is 0 Å². The highest BCUT2D eigenvalue weighted by molar-refractivity contribution is 5.85. The lowest BCUT2D eigenvalue weighted by Crippen LogP contribution is -2.48.